The maximum absolute atomic E-state index is 13.2. The Hall–Kier alpha value is -2.52. The Morgan fingerprint density at radius 2 is 2.08 bits per heavy atom. The molecule has 2 aromatic rings. The van der Waals surface area contributed by atoms with Crippen LogP contribution in [0.5, 0.6) is 5.75 Å². The first-order valence-corrected chi connectivity index (χ1v) is 15.9. The number of ether oxygens (including phenoxy) is 1. The smallest absolute Gasteiger partial charge is 0.263 e. The minimum absolute atomic E-state index is 0.173. The van der Waals surface area contributed by atoms with Gasteiger partial charge in [-0.3, -0.25) is 9.52 Å². The molecule has 1 spiro atoms. The number of nitrogens with zero attached hydrogens (tertiary/aromatic N) is 1. The highest BCUT2D eigenvalue weighted by molar-refractivity contribution is 7.97. The molecule has 9 heteroatoms. The number of carbonyl (C=O) groups excluding carboxylic acids is 1. The second kappa shape index (κ2) is 10.5. The molecule has 0 saturated heterocycles. The van der Waals surface area contributed by atoms with Crippen LogP contribution >= 0.6 is 11.6 Å². The van der Waals surface area contributed by atoms with E-state index in [-0.39, 0.29) is 11.3 Å². The fourth-order valence-electron chi connectivity index (χ4n) is 6.74. The number of rotatable bonds is 0. The van der Waals surface area contributed by atoms with E-state index in [4.69, 9.17) is 16.3 Å². The van der Waals surface area contributed by atoms with Crippen LogP contribution in [-0.4, -0.2) is 53.4 Å². The Labute approximate surface area is 235 Å². The van der Waals surface area contributed by atoms with Gasteiger partial charge in [-0.25, -0.2) is 8.93 Å². The molecule has 2 bridgehead atoms. The first-order chi connectivity index (χ1) is 18.7. The molecule has 1 saturated carbocycles. The lowest BCUT2D eigenvalue weighted by molar-refractivity contribution is 0.0456. The van der Waals surface area contributed by atoms with Gasteiger partial charge in [-0.1, -0.05) is 29.8 Å². The van der Waals surface area contributed by atoms with Crippen molar-refractivity contribution in [3.63, 3.8) is 0 Å². The molecule has 4 aliphatic rings. The van der Waals surface area contributed by atoms with E-state index >= 15 is 0 Å². The topological polar surface area (TPSA) is 90.9 Å². The summed E-state index contributed by atoms with van der Waals surface area (Å²) in [6.07, 6.45) is 8.88. The van der Waals surface area contributed by atoms with Crippen molar-refractivity contribution in [3.8, 4) is 5.75 Å². The van der Waals surface area contributed by atoms with Crippen LogP contribution in [0.15, 0.2) is 48.6 Å². The summed E-state index contributed by atoms with van der Waals surface area (Å²) in [6.45, 7) is 2.41. The lowest BCUT2D eigenvalue weighted by atomic mass is 9.68. The first kappa shape index (κ1) is 26.7. The van der Waals surface area contributed by atoms with Crippen molar-refractivity contribution in [2.24, 2.45) is 11.8 Å². The fraction of sp³-hybridized carbons (Fsp3) is 0.467. The van der Waals surface area contributed by atoms with Gasteiger partial charge in [-0.05, 0) is 97.7 Å². The summed E-state index contributed by atoms with van der Waals surface area (Å²) < 4.78 is 24.8. The minimum atomic E-state index is -3.03. The van der Waals surface area contributed by atoms with Gasteiger partial charge in [0.2, 0.25) is 0 Å². The minimum Gasteiger partial charge on any atom is -0.490 e. The van der Waals surface area contributed by atoms with E-state index in [1.807, 2.05) is 30.4 Å². The molecule has 2 aromatic carbocycles. The average Bonchev–Trinajstić information content (AvgIpc) is 3.02. The lowest BCUT2D eigenvalue weighted by Gasteiger charge is -2.45. The number of aliphatic hydroxyl groups excluding tert-OH is 1. The number of amides is 1. The third-order valence-electron chi connectivity index (χ3n) is 8.91. The van der Waals surface area contributed by atoms with Crippen molar-refractivity contribution >= 4 is 39.0 Å². The number of fused-ring (bicyclic) bond motifs is 4. The molecule has 5 atom stereocenters. The first-order valence-electron chi connectivity index (χ1n) is 13.8. The maximum atomic E-state index is 13.2. The molecule has 0 radical (unpaired) electrons. The standard InChI is InChI=1S/C30H36ClN3O4S/c1-39(37)32-14-3-2-6-27(35)24-10-7-22(24)17-34-18-30(13-4-5-20-15-23(31)9-11-25(20)30)19-38-28-12-8-21(16-26(28)34)29(36)33-39/h2,6,8-9,11-12,15-16,22,24,27,35H,1,3-5,7,10,13-14,17-19H2,(H2,32,33,36,37)/b6-2-/t22-,24+,27-,30-,39?/m0/s1. The molecular weight excluding hydrogens is 534 g/mol. The van der Waals surface area contributed by atoms with E-state index in [2.05, 4.69) is 32.3 Å². The highest BCUT2D eigenvalue weighted by Crippen LogP contribution is 2.46. The molecule has 0 aromatic heterocycles. The number of carbonyl (C=O) groups is 1. The Kier molecular flexibility index (Phi) is 7.16. The molecule has 2 heterocycles. The van der Waals surface area contributed by atoms with Crippen molar-refractivity contribution in [2.75, 3.05) is 31.1 Å². The SMILES string of the molecule is C=S1(=O)NCC/C=C\[C@H](O)[C@@H]2CC[C@H]2CN2C[C@@]3(CCCc4cc(Cl)ccc43)COc3ccc(cc32)C(=O)N1. The van der Waals surface area contributed by atoms with Crippen molar-refractivity contribution in [3.05, 3.63) is 70.3 Å². The Bertz CT molecular complexity index is 1410. The summed E-state index contributed by atoms with van der Waals surface area (Å²) in [6, 6.07) is 11.6. The molecule has 6 rings (SSSR count). The summed E-state index contributed by atoms with van der Waals surface area (Å²) in [5.74, 6) is 4.48. The predicted octanol–water partition coefficient (Wildman–Crippen LogP) is 4.03. The zero-order valence-electron chi connectivity index (χ0n) is 22.0. The zero-order valence-corrected chi connectivity index (χ0v) is 23.6. The molecule has 39 heavy (non-hydrogen) atoms. The monoisotopic (exact) mass is 569 g/mol. The van der Waals surface area contributed by atoms with Crippen LogP contribution in [0.3, 0.4) is 0 Å². The highest BCUT2D eigenvalue weighted by atomic mass is 35.5. The van der Waals surface area contributed by atoms with Gasteiger partial charge in [-0.15, -0.1) is 0 Å². The quantitative estimate of drug-likeness (QED) is 0.329. The number of benzene rings is 2. The van der Waals surface area contributed by atoms with E-state index in [9.17, 15) is 14.1 Å². The summed E-state index contributed by atoms with van der Waals surface area (Å²) in [7, 11) is -3.03. The maximum Gasteiger partial charge on any atom is 0.263 e. The molecular formula is C30H36ClN3O4S. The summed E-state index contributed by atoms with van der Waals surface area (Å²) in [5, 5.41) is 11.7. The van der Waals surface area contributed by atoms with Crippen LogP contribution in [0, 0.1) is 11.8 Å². The van der Waals surface area contributed by atoms with E-state index in [1.165, 1.54) is 11.1 Å². The van der Waals surface area contributed by atoms with Crippen LogP contribution in [0.2, 0.25) is 5.02 Å². The number of halogens is 1. The Balaban J connectivity index is 1.42. The van der Waals surface area contributed by atoms with Crippen molar-refractivity contribution < 1.29 is 18.8 Å². The van der Waals surface area contributed by atoms with Gasteiger partial charge in [0.05, 0.1) is 18.4 Å². The summed E-state index contributed by atoms with van der Waals surface area (Å²) in [5.41, 5.74) is 3.60. The van der Waals surface area contributed by atoms with E-state index in [1.54, 1.807) is 6.07 Å². The molecule has 1 fully saturated rings. The molecule has 1 unspecified atom stereocenters. The number of anilines is 1. The van der Waals surface area contributed by atoms with Gasteiger partial charge in [0.1, 0.15) is 15.6 Å². The Morgan fingerprint density at radius 1 is 1.21 bits per heavy atom. The van der Waals surface area contributed by atoms with Gasteiger partial charge < -0.3 is 14.7 Å². The highest BCUT2D eigenvalue weighted by Gasteiger charge is 2.44. The zero-order chi connectivity index (χ0) is 27.2. The predicted molar refractivity (Wildman–Crippen MR) is 157 cm³/mol. The van der Waals surface area contributed by atoms with Gasteiger partial charge in [0.25, 0.3) is 5.91 Å². The van der Waals surface area contributed by atoms with Gasteiger partial charge >= 0.3 is 0 Å². The second-order valence-electron chi connectivity index (χ2n) is 11.5. The van der Waals surface area contributed by atoms with Crippen molar-refractivity contribution in [2.45, 2.75) is 50.0 Å². The van der Waals surface area contributed by atoms with Crippen LogP contribution in [0.25, 0.3) is 0 Å². The van der Waals surface area contributed by atoms with E-state index in [0.717, 1.165) is 61.7 Å². The number of hydrogen-bond donors (Lipinski definition) is 3. The van der Waals surface area contributed by atoms with E-state index in [0.29, 0.717) is 31.1 Å². The van der Waals surface area contributed by atoms with Gasteiger partial charge in [-0.2, -0.15) is 0 Å². The van der Waals surface area contributed by atoms with Gasteiger partial charge in [0.15, 0.2) is 0 Å². The third-order valence-corrected chi connectivity index (χ3v) is 10.3. The van der Waals surface area contributed by atoms with Crippen LogP contribution in [0.4, 0.5) is 5.69 Å². The van der Waals surface area contributed by atoms with Crippen molar-refractivity contribution in [1.82, 2.24) is 9.44 Å². The van der Waals surface area contributed by atoms with Crippen LogP contribution in [-0.2, 0) is 21.7 Å². The van der Waals surface area contributed by atoms with Crippen molar-refractivity contribution in [1.29, 1.82) is 0 Å². The molecule has 2 aliphatic heterocycles. The summed E-state index contributed by atoms with van der Waals surface area (Å²) in [4.78, 5) is 15.5. The van der Waals surface area contributed by atoms with Gasteiger partial charge in [0, 0.05) is 35.6 Å². The Morgan fingerprint density at radius 3 is 2.90 bits per heavy atom. The average molecular weight is 570 g/mol. The second-order valence-corrected chi connectivity index (χ2v) is 13.8. The molecule has 1 amide bonds. The molecule has 2 aliphatic carbocycles. The molecule has 7 nitrogen and oxygen atoms in total. The number of nitrogens with one attached hydrogen (secondary N) is 2. The number of aliphatic hydroxyl groups is 1. The third kappa shape index (κ3) is 5.32. The number of aryl methyl sites for hydroxylation is 1. The number of hydrogen-bond acceptors (Lipinski definition) is 5. The van der Waals surface area contributed by atoms with Crippen LogP contribution in [0.1, 0.15) is 53.6 Å². The van der Waals surface area contributed by atoms with E-state index < -0.39 is 21.9 Å². The lowest BCUT2D eigenvalue weighted by Crippen LogP contribution is -2.49. The van der Waals surface area contributed by atoms with Crippen LogP contribution < -0.4 is 19.1 Å². The summed E-state index contributed by atoms with van der Waals surface area (Å²) >= 11 is 6.37. The fourth-order valence-corrected chi connectivity index (χ4v) is 7.87. The largest absolute Gasteiger partial charge is 0.490 e. The molecule has 3 N–H and O–H groups in total. The normalized spacial score (nSPS) is 33.5. The molecule has 208 valence electrons.